The van der Waals surface area contributed by atoms with Gasteiger partial charge in [-0.15, -0.1) is 0 Å². The monoisotopic (exact) mass is 554 g/mol. The molecule has 6 heteroatoms. The molecule has 1 fully saturated rings. The van der Waals surface area contributed by atoms with E-state index in [0.717, 1.165) is 5.56 Å². The molecule has 0 unspecified atom stereocenters. The van der Waals surface area contributed by atoms with E-state index in [4.69, 9.17) is 0 Å². The van der Waals surface area contributed by atoms with Gasteiger partial charge in [0, 0.05) is 41.1 Å². The number of Topliss-reactive ketones (excluding diaryl/α,β-unsaturated/α-hetero) is 1. The minimum absolute atomic E-state index is 0. The summed E-state index contributed by atoms with van der Waals surface area (Å²) in [5.74, 6) is -0.614. The van der Waals surface area contributed by atoms with Crippen molar-refractivity contribution >= 4 is 11.7 Å². The number of piperidine rings is 1. The quantitative estimate of drug-likeness (QED) is 0.587. The molecule has 1 aromatic rings. The third kappa shape index (κ3) is 5.68. The van der Waals surface area contributed by atoms with Gasteiger partial charge in [-0.05, 0) is 17.6 Å². The number of carbonyl (C=O) groups excluding carboxylic acids is 2. The van der Waals surface area contributed by atoms with Crippen molar-refractivity contribution < 1.29 is 35.8 Å². The van der Waals surface area contributed by atoms with Crippen LogP contribution in [0.1, 0.15) is 46.6 Å². The van der Waals surface area contributed by atoms with Crippen molar-refractivity contribution in [3.8, 4) is 0 Å². The fourth-order valence-corrected chi connectivity index (χ4v) is 2.95. The first-order valence-corrected chi connectivity index (χ1v) is 9.46. The van der Waals surface area contributed by atoms with Crippen molar-refractivity contribution in [2.24, 2.45) is 0 Å². The average molecular weight is 554 g/mol. The van der Waals surface area contributed by atoms with Crippen LogP contribution < -0.4 is 5.32 Å². The maximum atomic E-state index is 12.8. The molecule has 0 bridgehead atoms. The summed E-state index contributed by atoms with van der Waals surface area (Å²) in [4.78, 5) is 26.3. The summed E-state index contributed by atoms with van der Waals surface area (Å²) in [6.07, 6.45) is 0.521. The maximum Gasteiger partial charge on any atom is 0.258 e. The smallest absolute Gasteiger partial charge is 0.258 e. The number of aliphatic hydroxyl groups excluding tert-OH is 1. The van der Waals surface area contributed by atoms with Crippen LogP contribution in [-0.4, -0.2) is 28.2 Å². The first-order valence-electron chi connectivity index (χ1n) is 9.46. The molecule has 2 aliphatic heterocycles. The van der Waals surface area contributed by atoms with Crippen molar-refractivity contribution in [2.75, 3.05) is 6.54 Å². The predicted octanol–water partition coefficient (Wildman–Crippen LogP) is 4.24. The molecule has 1 saturated heterocycles. The van der Waals surface area contributed by atoms with Crippen LogP contribution in [0.5, 0.6) is 0 Å². The number of amides is 1. The largest absolute Gasteiger partial charge is 0.505 e. The van der Waals surface area contributed by atoms with E-state index in [1.165, 1.54) is 6.92 Å². The second kappa shape index (κ2) is 12.4. The summed E-state index contributed by atoms with van der Waals surface area (Å²) in [5.41, 5.74) is 2.34. The topological polar surface area (TPSA) is 69.6 Å². The molecule has 3 rings (SSSR count). The van der Waals surface area contributed by atoms with E-state index in [0.29, 0.717) is 30.8 Å². The molecular formula is C22H30N2O3W. The number of ketones is 1. The number of rotatable bonds is 3. The summed E-state index contributed by atoms with van der Waals surface area (Å²) in [7, 11) is 0. The number of likely N-dealkylation sites (tertiary alicyclic amines) is 1. The van der Waals surface area contributed by atoms with Gasteiger partial charge in [-0.2, -0.15) is 0 Å². The maximum absolute atomic E-state index is 12.8. The van der Waals surface area contributed by atoms with Crippen molar-refractivity contribution in [3.05, 3.63) is 70.8 Å². The van der Waals surface area contributed by atoms with Crippen LogP contribution in [0, 0.1) is 0 Å². The minimum atomic E-state index is -0.269. The van der Waals surface area contributed by atoms with E-state index in [2.05, 4.69) is 11.9 Å². The zero-order chi connectivity index (χ0) is 20.6. The molecule has 28 heavy (non-hydrogen) atoms. The number of benzene rings is 1. The standard InChI is InChI=1S/C18H18N2O3.2C2H6.W/c1-11-17(22)15-14(16(19-11)12(2)21)8-9-20(18(15)23)10-13-6-4-3-5-7-13;2*1-2;/h3-7,19,22H,1,8-10H2,2H3;2*1-2H3;. The van der Waals surface area contributed by atoms with Gasteiger partial charge in [0.1, 0.15) is 0 Å². The van der Waals surface area contributed by atoms with Crippen LogP contribution in [0.15, 0.2) is 65.2 Å². The van der Waals surface area contributed by atoms with Gasteiger partial charge in [0.25, 0.3) is 5.91 Å². The fraction of sp³-hybridized carbons (Fsp3) is 0.364. The van der Waals surface area contributed by atoms with Crippen LogP contribution in [-0.2, 0) is 37.2 Å². The minimum Gasteiger partial charge on any atom is -0.505 e. The molecule has 0 saturated carbocycles. The number of nitrogens with one attached hydrogen (secondary N) is 1. The Labute approximate surface area is 182 Å². The SMILES string of the molecule is C=C1NC(C(C)=O)=C2CCN(Cc3ccccc3)C(=O)C2=C1O.CC.CC.[W]. The number of hydrogen-bond acceptors (Lipinski definition) is 4. The molecule has 1 amide bonds. The molecule has 152 valence electrons. The van der Waals surface area contributed by atoms with Crippen molar-refractivity contribution in [2.45, 2.75) is 47.6 Å². The van der Waals surface area contributed by atoms with Gasteiger partial charge >= 0.3 is 0 Å². The number of nitrogens with zero attached hydrogens (tertiary/aromatic N) is 1. The normalized spacial score (nSPS) is 15.2. The Morgan fingerprint density at radius 1 is 1.18 bits per heavy atom. The molecule has 0 radical (unpaired) electrons. The van der Waals surface area contributed by atoms with E-state index >= 15 is 0 Å². The van der Waals surface area contributed by atoms with Gasteiger partial charge in [-0.3, -0.25) is 9.59 Å². The molecular weight excluding hydrogens is 524 g/mol. The van der Waals surface area contributed by atoms with Gasteiger partial charge < -0.3 is 15.3 Å². The average Bonchev–Trinajstić information content (AvgIpc) is 2.70. The van der Waals surface area contributed by atoms with Crippen molar-refractivity contribution in [1.82, 2.24) is 10.2 Å². The van der Waals surface area contributed by atoms with Crippen molar-refractivity contribution in [1.29, 1.82) is 0 Å². The molecule has 2 N–H and O–H groups in total. The number of dihydropyridines is 1. The summed E-state index contributed by atoms with van der Waals surface area (Å²) >= 11 is 0. The summed E-state index contributed by atoms with van der Waals surface area (Å²) in [5, 5.41) is 13.1. The molecule has 0 atom stereocenters. The number of aliphatic hydroxyl groups is 1. The third-order valence-corrected chi connectivity index (χ3v) is 4.10. The molecule has 0 aliphatic carbocycles. The zero-order valence-electron chi connectivity index (χ0n) is 17.3. The van der Waals surface area contributed by atoms with Crippen LogP contribution in [0.25, 0.3) is 0 Å². The van der Waals surface area contributed by atoms with E-state index in [9.17, 15) is 14.7 Å². The number of hydrogen-bond donors (Lipinski definition) is 2. The van der Waals surface area contributed by atoms with Gasteiger partial charge in [0.05, 0.1) is 17.0 Å². The Hall–Kier alpha value is -2.13. The second-order valence-electron chi connectivity index (χ2n) is 5.70. The second-order valence-corrected chi connectivity index (χ2v) is 5.70. The molecule has 0 spiro atoms. The summed E-state index contributed by atoms with van der Waals surface area (Å²) in [6.45, 7) is 14.1. The Morgan fingerprint density at radius 3 is 2.29 bits per heavy atom. The van der Waals surface area contributed by atoms with Gasteiger partial charge in [-0.1, -0.05) is 64.6 Å². The summed E-state index contributed by atoms with van der Waals surface area (Å²) < 4.78 is 0. The first-order chi connectivity index (χ1) is 13.0. The molecule has 2 heterocycles. The Kier molecular flexibility index (Phi) is 11.4. The third-order valence-electron chi connectivity index (χ3n) is 4.10. The van der Waals surface area contributed by atoms with E-state index in [1.807, 2.05) is 58.0 Å². The van der Waals surface area contributed by atoms with Gasteiger partial charge in [-0.25, -0.2) is 0 Å². The Morgan fingerprint density at radius 2 is 1.75 bits per heavy atom. The van der Waals surface area contributed by atoms with Crippen LogP contribution in [0.2, 0.25) is 0 Å². The molecule has 5 nitrogen and oxygen atoms in total. The van der Waals surface area contributed by atoms with E-state index in [1.54, 1.807) is 4.90 Å². The predicted molar refractivity (Wildman–Crippen MR) is 109 cm³/mol. The van der Waals surface area contributed by atoms with Gasteiger partial charge in [0.15, 0.2) is 11.5 Å². The summed E-state index contributed by atoms with van der Waals surface area (Å²) in [6, 6.07) is 9.68. The molecule has 0 aromatic heterocycles. The Balaban J connectivity index is 0.00000137. The van der Waals surface area contributed by atoms with E-state index in [-0.39, 0.29) is 49.8 Å². The van der Waals surface area contributed by atoms with Crippen molar-refractivity contribution in [3.63, 3.8) is 0 Å². The van der Waals surface area contributed by atoms with Crippen LogP contribution >= 0.6 is 0 Å². The molecule has 2 aliphatic rings. The van der Waals surface area contributed by atoms with Gasteiger partial charge in [0.2, 0.25) is 0 Å². The van der Waals surface area contributed by atoms with Crippen LogP contribution in [0.4, 0.5) is 0 Å². The zero-order valence-corrected chi connectivity index (χ0v) is 20.3. The first kappa shape index (κ1) is 25.9. The number of fused-ring (bicyclic) bond motifs is 1. The number of carbonyl (C=O) groups is 2. The number of allylic oxidation sites excluding steroid dienone is 1. The van der Waals surface area contributed by atoms with Crippen LogP contribution in [0.3, 0.4) is 0 Å². The van der Waals surface area contributed by atoms with E-state index < -0.39 is 0 Å². The Bertz CT molecular complexity index is 767. The fourth-order valence-electron chi connectivity index (χ4n) is 2.95. The molecule has 1 aromatic carbocycles.